The van der Waals surface area contributed by atoms with E-state index in [4.69, 9.17) is 24.5 Å². The molecular weight excluding hydrogens is 877 g/mol. The van der Waals surface area contributed by atoms with Gasteiger partial charge >= 0.3 is 0 Å². The number of fused-ring (bicyclic) bond motifs is 3. The van der Waals surface area contributed by atoms with E-state index in [0.717, 1.165) is 27.6 Å². The first kappa shape index (κ1) is 28.5. The van der Waals surface area contributed by atoms with Gasteiger partial charge in [0.25, 0.3) is 0 Å². The number of nitrogens with zero attached hydrogens (tertiary/aromatic N) is 2. The van der Waals surface area contributed by atoms with Gasteiger partial charge in [0.05, 0.1) is 13.7 Å². The Hall–Kier alpha value is -4.93. The molecule has 0 N–H and O–H groups in total. The number of furan rings is 1. The van der Waals surface area contributed by atoms with Crippen LogP contribution in [0.3, 0.4) is 0 Å². The third-order valence-corrected chi connectivity index (χ3v) is 11.5. The maximum Gasteiger partial charge on any atom is 0.121 e. The number of pyridine rings is 2. The van der Waals surface area contributed by atoms with E-state index in [1.54, 1.807) is 12.1 Å². The van der Waals surface area contributed by atoms with E-state index in [1.807, 2.05) is 79.0 Å². The molecule has 0 saturated heterocycles. The summed E-state index contributed by atoms with van der Waals surface area (Å²) in [4.78, 5) is 9.24. The minimum absolute atomic E-state index is 0. The monoisotopic (exact) mass is 938 g/mol. The van der Waals surface area contributed by atoms with Gasteiger partial charge in [-0.1, -0.05) is 124 Å². The molecule has 3 nitrogen and oxygen atoms in total. The molecular formula is C51H50IrN2OSi-2. The van der Waals surface area contributed by atoms with E-state index in [2.05, 4.69) is 69.7 Å². The molecule has 0 fully saturated rings. The van der Waals surface area contributed by atoms with Gasteiger partial charge in [-0.25, -0.2) is 0 Å². The maximum absolute atomic E-state index is 8.98. The molecule has 0 aliphatic rings. The van der Waals surface area contributed by atoms with E-state index in [-0.39, 0.29) is 47.8 Å². The van der Waals surface area contributed by atoms with Crippen LogP contribution in [0.5, 0.6) is 0 Å². The molecule has 285 valence electrons. The minimum atomic E-state index is -2.64. The van der Waals surface area contributed by atoms with Crippen molar-refractivity contribution in [2.45, 2.75) is 72.8 Å². The Morgan fingerprint density at radius 1 is 0.696 bits per heavy atom. The molecule has 3 aromatic heterocycles. The van der Waals surface area contributed by atoms with Crippen LogP contribution in [0, 0.1) is 32.7 Å². The summed E-state index contributed by atoms with van der Waals surface area (Å²) in [5.74, 6) is 0. The first-order valence-corrected chi connectivity index (χ1v) is 21.7. The quantitative estimate of drug-likeness (QED) is 0.123. The molecule has 0 atom stereocenters. The molecule has 0 spiro atoms. The second kappa shape index (κ2) is 16.7. The molecule has 0 aliphatic carbocycles. The van der Waals surface area contributed by atoms with Crippen LogP contribution in [-0.4, -0.2) is 18.0 Å². The summed E-state index contributed by atoms with van der Waals surface area (Å²) in [5.41, 5.74) is 6.60. The Morgan fingerprint density at radius 2 is 1.34 bits per heavy atom. The second-order valence-electron chi connectivity index (χ2n) is 15.7. The van der Waals surface area contributed by atoms with Gasteiger partial charge in [-0.05, 0) is 88.9 Å². The fourth-order valence-electron chi connectivity index (χ4n) is 6.43. The Bertz CT molecular complexity index is 3040. The van der Waals surface area contributed by atoms with Crippen molar-refractivity contribution < 1.29 is 39.6 Å². The smallest absolute Gasteiger partial charge is 0.121 e. The number of aromatic nitrogens is 2. The summed E-state index contributed by atoms with van der Waals surface area (Å²) >= 11 is 0. The summed E-state index contributed by atoms with van der Waals surface area (Å²) in [7, 11) is -1.80. The first-order valence-electron chi connectivity index (χ1n) is 23.7. The summed E-state index contributed by atoms with van der Waals surface area (Å²) in [6.07, 6.45) is 1.83. The molecule has 1 radical (unpaired) electrons. The molecule has 8 aromatic rings. The Morgan fingerprint density at radius 3 is 2.04 bits per heavy atom. The fraction of sp³-hybridized carbons (Fsp3) is 0.216. The summed E-state index contributed by atoms with van der Waals surface area (Å²) in [6, 6.07) is 40.3. The molecule has 56 heavy (non-hydrogen) atoms. The molecule has 0 aliphatic heterocycles. The van der Waals surface area contributed by atoms with E-state index in [1.165, 1.54) is 30.0 Å². The van der Waals surface area contributed by atoms with Crippen LogP contribution < -0.4 is 5.19 Å². The summed E-state index contributed by atoms with van der Waals surface area (Å²) in [6.45, 7) is 5.60. The van der Waals surface area contributed by atoms with Crippen molar-refractivity contribution in [2.75, 3.05) is 0 Å². The van der Waals surface area contributed by atoms with Crippen molar-refractivity contribution in [2.24, 2.45) is 0 Å². The number of rotatable bonds is 6. The number of hydrogen-bond donors (Lipinski definition) is 0. The Labute approximate surface area is 363 Å². The predicted octanol–water partition coefficient (Wildman–Crippen LogP) is 13.0. The molecule has 0 saturated carbocycles. The zero-order valence-electron chi connectivity index (χ0n) is 43.3. The number of benzene rings is 5. The van der Waals surface area contributed by atoms with Crippen molar-refractivity contribution >= 4 is 35.2 Å². The first-order chi connectivity index (χ1) is 30.6. The van der Waals surface area contributed by atoms with Gasteiger partial charge < -0.3 is 14.4 Å². The molecule has 3 heterocycles. The van der Waals surface area contributed by atoms with E-state index in [9.17, 15) is 0 Å². The maximum atomic E-state index is 8.98. The zero-order valence-corrected chi connectivity index (χ0v) is 35.7. The Kier molecular flexibility index (Phi) is 8.46. The van der Waals surface area contributed by atoms with Crippen LogP contribution in [0.1, 0.15) is 69.2 Å². The van der Waals surface area contributed by atoms with E-state index >= 15 is 0 Å². The zero-order chi connectivity index (χ0) is 48.2. The van der Waals surface area contributed by atoms with Gasteiger partial charge in [-0.3, -0.25) is 0 Å². The second-order valence-corrected chi connectivity index (χ2v) is 20.7. The summed E-state index contributed by atoms with van der Waals surface area (Å²) < 4.78 is 94.9. The molecule has 0 bridgehead atoms. The van der Waals surface area contributed by atoms with Gasteiger partial charge in [-0.2, -0.15) is 0 Å². The fourth-order valence-corrected chi connectivity index (χ4v) is 7.82. The largest absolute Gasteiger partial charge is 0.500 e. The van der Waals surface area contributed by atoms with Gasteiger partial charge in [0.2, 0.25) is 0 Å². The average molecular weight is 938 g/mol. The van der Waals surface area contributed by atoms with Gasteiger partial charge in [0, 0.05) is 58.5 Å². The van der Waals surface area contributed by atoms with Crippen LogP contribution in [-0.2, 0) is 31.9 Å². The number of hydrogen-bond acceptors (Lipinski definition) is 3. The topological polar surface area (TPSA) is 38.9 Å². The van der Waals surface area contributed by atoms with Crippen LogP contribution in [0.25, 0.3) is 55.6 Å². The molecule has 5 heteroatoms. The van der Waals surface area contributed by atoms with Crippen LogP contribution in [0.2, 0.25) is 19.6 Å². The SMILES string of the molecule is [2H]C([2H])([2H])c1cc(-c2[c-]cc3oc4cc(C([2H])([2H])[2H])c(C([2H])([2H])[2H])cc4c3c2)ncc1-c1ccccc1.[2H]C([2H])(c1ccccc1)c1cc(-c2[c-]ccc(C(C)(C)C)c2)ncc1[Si](C)(C)C.[Ir]. The van der Waals surface area contributed by atoms with Crippen molar-refractivity contribution in [3.05, 3.63) is 173 Å². The van der Waals surface area contributed by atoms with Crippen LogP contribution in [0.15, 0.2) is 132 Å². The molecule has 0 unspecified atom stereocenters. The third-order valence-electron chi connectivity index (χ3n) is 9.52. The molecule has 0 amide bonds. The van der Waals surface area contributed by atoms with Gasteiger partial charge in [0.15, 0.2) is 0 Å². The van der Waals surface area contributed by atoms with Crippen LogP contribution in [0.4, 0.5) is 0 Å². The molecule has 8 rings (SSSR count). The average Bonchev–Trinajstić information content (AvgIpc) is 3.62. The Balaban J connectivity index is 0.000000224. The van der Waals surface area contributed by atoms with Crippen LogP contribution >= 0.6 is 0 Å². The normalized spacial score (nSPS) is 15.4. The number of aryl methyl sites for hydroxylation is 3. The molecule has 5 aromatic carbocycles. The van der Waals surface area contributed by atoms with Crippen molar-refractivity contribution in [1.29, 1.82) is 0 Å². The van der Waals surface area contributed by atoms with Gasteiger partial charge in [-0.15, -0.1) is 59.2 Å². The minimum Gasteiger partial charge on any atom is -0.500 e. The van der Waals surface area contributed by atoms with E-state index in [0.29, 0.717) is 38.7 Å². The summed E-state index contributed by atoms with van der Waals surface area (Å²) in [5, 5.41) is 2.03. The standard InChI is InChI=1S/C26H20NO.C25H30NSi.Ir/c1-16-11-21-22-14-20(9-10-25(22)28-26(21)13-17(16)2)24-12-18(3)23(15-27-24)19-7-5-4-6-8-19;1-25(2,3)22-14-10-13-20(16-22)23-17-21(15-19-11-8-7-9-12-19)24(18-26-23)27(4,5)6;/h4-8,10-15H,1-3H3;7-12,14,16-18H,15H2,1-6H3;/q2*-1;/i1D3,2D3,3D3;15D2;. The third kappa shape index (κ3) is 9.03. The van der Waals surface area contributed by atoms with Crippen molar-refractivity contribution in [1.82, 2.24) is 9.97 Å². The predicted molar refractivity (Wildman–Crippen MR) is 235 cm³/mol. The van der Waals surface area contributed by atoms with Crippen molar-refractivity contribution in [3.8, 4) is 33.6 Å². The van der Waals surface area contributed by atoms with E-state index < -0.39 is 35.0 Å². The van der Waals surface area contributed by atoms with Gasteiger partial charge in [0.1, 0.15) is 5.58 Å². The van der Waals surface area contributed by atoms with Crippen molar-refractivity contribution in [3.63, 3.8) is 0 Å².